The molecule has 0 saturated carbocycles. The minimum Gasteiger partial charge on any atom is -0.387 e. The summed E-state index contributed by atoms with van der Waals surface area (Å²) < 4.78 is 9.46. The zero-order valence-electron chi connectivity index (χ0n) is 6.17. The maximum Gasteiger partial charge on any atom is 0.183 e. The fourth-order valence-electron chi connectivity index (χ4n) is 0.987. The number of ether oxygens (including phenoxy) is 2. The maximum atomic E-state index is 9.19. The largest absolute Gasteiger partial charge is 0.387 e. The Morgan fingerprint density at radius 2 is 1.91 bits per heavy atom. The minimum absolute atomic E-state index is 0.0931. The molecular formula is C6H12O5. The maximum absolute atomic E-state index is 9.19. The molecular weight excluding hydrogens is 152 g/mol. The van der Waals surface area contributed by atoms with Crippen LogP contribution in [-0.4, -0.2) is 53.6 Å². The molecule has 5 heteroatoms. The molecule has 4 atom stereocenters. The normalized spacial score (nSPS) is 45.8. The molecule has 66 valence electrons. The second-order valence-corrected chi connectivity index (χ2v) is 2.48. The van der Waals surface area contributed by atoms with Crippen molar-refractivity contribution in [2.45, 2.75) is 24.6 Å². The van der Waals surface area contributed by atoms with E-state index in [0.717, 1.165) is 0 Å². The summed E-state index contributed by atoms with van der Waals surface area (Å²) in [6.45, 7) is 0.0931. The summed E-state index contributed by atoms with van der Waals surface area (Å²) in [7, 11) is 1.40. The Balaban J connectivity index is 2.52. The van der Waals surface area contributed by atoms with Gasteiger partial charge in [0.1, 0.15) is 18.3 Å². The van der Waals surface area contributed by atoms with Crippen LogP contribution in [0.3, 0.4) is 0 Å². The molecule has 1 fully saturated rings. The molecule has 3 N–H and O–H groups in total. The Labute approximate surface area is 64.2 Å². The Morgan fingerprint density at radius 3 is 2.45 bits per heavy atom. The number of aliphatic hydroxyl groups excluding tert-OH is 3. The van der Waals surface area contributed by atoms with Gasteiger partial charge >= 0.3 is 0 Å². The summed E-state index contributed by atoms with van der Waals surface area (Å²) in [5.41, 5.74) is 0. The molecule has 0 spiro atoms. The molecule has 0 aliphatic carbocycles. The molecule has 1 heterocycles. The quantitative estimate of drug-likeness (QED) is 0.420. The zero-order chi connectivity index (χ0) is 8.43. The number of hydrogen-bond donors (Lipinski definition) is 3. The van der Waals surface area contributed by atoms with Crippen molar-refractivity contribution in [1.82, 2.24) is 0 Å². The Bertz CT molecular complexity index is 126. The van der Waals surface area contributed by atoms with Gasteiger partial charge in [0.25, 0.3) is 0 Å². The topological polar surface area (TPSA) is 79.2 Å². The van der Waals surface area contributed by atoms with Gasteiger partial charge in [-0.3, -0.25) is 0 Å². The molecule has 0 aromatic carbocycles. The van der Waals surface area contributed by atoms with Crippen LogP contribution < -0.4 is 0 Å². The predicted molar refractivity (Wildman–Crippen MR) is 34.8 cm³/mol. The lowest BCUT2D eigenvalue weighted by Gasteiger charge is -2.33. The highest BCUT2D eigenvalue weighted by atomic mass is 16.6. The smallest absolute Gasteiger partial charge is 0.183 e. The standard InChI is InChI=1S/C6H12O5/c1-10-3-2-11-6(9)5(8)4(3)7/h3-9H,2H2,1H3/t3-,4-,5+,6+/m0/s1. The molecule has 1 saturated heterocycles. The average molecular weight is 164 g/mol. The van der Waals surface area contributed by atoms with Gasteiger partial charge in [-0.15, -0.1) is 0 Å². The number of aliphatic hydroxyl groups is 3. The first kappa shape index (κ1) is 8.89. The lowest BCUT2D eigenvalue weighted by molar-refractivity contribution is -0.256. The highest BCUT2D eigenvalue weighted by Gasteiger charge is 2.37. The van der Waals surface area contributed by atoms with Crippen molar-refractivity contribution in [3.63, 3.8) is 0 Å². The van der Waals surface area contributed by atoms with E-state index in [4.69, 9.17) is 14.9 Å². The van der Waals surface area contributed by atoms with Crippen LogP contribution in [0, 0.1) is 0 Å². The predicted octanol–water partition coefficient (Wildman–Crippen LogP) is -1.93. The zero-order valence-corrected chi connectivity index (χ0v) is 6.17. The van der Waals surface area contributed by atoms with Gasteiger partial charge in [-0.1, -0.05) is 0 Å². The third-order valence-electron chi connectivity index (χ3n) is 1.76. The fourth-order valence-corrected chi connectivity index (χ4v) is 0.987. The average Bonchev–Trinajstić information content (AvgIpc) is 2.01. The van der Waals surface area contributed by atoms with Crippen molar-refractivity contribution in [2.24, 2.45) is 0 Å². The van der Waals surface area contributed by atoms with E-state index in [-0.39, 0.29) is 6.61 Å². The van der Waals surface area contributed by atoms with Crippen LogP contribution in [0.15, 0.2) is 0 Å². The lowest BCUT2D eigenvalue weighted by atomic mass is 10.1. The van der Waals surface area contributed by atoms with E-state index in [0.29, 0.717) is 0 Å². The van der Waals surface area contributed by atoms with Gasteiger partial charge in [0.15, 0.2) is 6.29 Å². The first-order valence-electron chi connectivity index (χ1n) is 3.35. The van der Waals surface area contributed by atoms with E-state index in [1.807, 2.05) is 0 Å². The SMILES string of the molecule is CO[C@H]1CO[C@@H](O)[C@H](O)[C@H]1O. The monoisotopic (exact) mass is 164 g/mol. The molecule has 1 aliphatic rings. The second kappa shape index (κ2) is 3.46. The van der Waals surface area contributed by atoms with Crippen LogP contribution in [0.1, 0.15) is 0 Å². The summed E-state index contributed by atoms with van der Waals surface area (Å²) in [5, 5.41) is 27.1. The van der Waals surface area contributed by atoms with Crippen LogP contribution in [0.4, 0.5) is 0 Å². The summed E-state index contributed by atoms with van der Waals surface area (Å²) >= 11 is 0. The molecule has 0 aromatic heterocycles. The van der Waals surface area contributed by atoms with Gasteiger partial charge in [-0.05, 0) is 0 Å². The molecule has 0 aromatic rings. The van der Waals surface area contributed by atoms with Gasteiger partial charge in [0.05, 0.1) is 6.61 Å². The van der Waals surface area contributed by atoms with Crippen LogP contribution in [0.25, 0.3) is 0 Å². The van der Waals surface area contributed by atoms with Crippen molar-refractivity contribution in [3.05, 3.63) is 0 Å². The van der Waals surface area contributed by atoms with Gasteiger partial charge in [-0.2, -0.15) is 0 Å². The third-order valence-corrected chi connectivity index (χ3v) is 1.76. The first-order valence-corrected chi connectivity index (χ1v) is 3.35. The van der Waals surface area contributed by atoms with Crippen molar-refractivity contribution in [2.75, 3.05) is 13.7 Å². The molecule has 0 radical (unpaired) electrons. The minimum atomic E-state index is -1.31. The molecule has 5 nitrogen and oxygen atoms in total. The van der Waals surface area contributed by atoms with Gasteiger partial charge < -0.3 is 24.8 Å². The number of hydrogen-bond acceptors (Lipinski definition) is 5. The highest BCUT2D eigenvalue weighted by Crippen LogP contribution is 2.15. The molecule has 0 amide bonds. The van der Waals surface area contributed by atoms with Crippen molar-refractivity contribution in [1.29, 1.82) is 0 Å². The number of methoxy groups -OCH3 is 1. The van der Waals surface area contributed by atoms with E-state index >= 15 is 0 Å². The summed E-state index contributed by atoms with van der Waals surface area (Å²) in [6, 6.07) is 0. The van der Waals surface area contributed by atoms with Gasteiger partial charge in [-0.25, -0.2) is 0 Å². The van der Waals surface area contributed by atoms with Crippen LogP contribution in [0.2, 0.25) is 0 Å². The first-order chi connectivity index (χ1) is 5.16. The lowest BCUT2D eigenvalue weighted by Crippen LogP contribution is -2.53. The van der Waals surface area contributed by atoms with E-state index in [9.17, 15) is 5.11 Å². The summed E-state index contributed by atoms with van der Waals surface area (Å²) in [5.74, 6) is 0. The van der Waals surface area contributed by atoms with Crippen LogP contribution >= 0.6 is 0 Å². The Kier molecular flexibility index (Phi) is 2.80. The third kappa shape index (κ3) is 1.69. The fraction of sp³-hybridized carbons (Fsp3) is 1.00. The molecule has 0 bridgehead atoms. The van der Waals surface area contributed by atoms with Gasteiger partial charge in [0.2, 0.25) is 0 Å². The van der Waals surface area contributed by atoms with Crippen LogP contribution in [-0.2, 0) is 9.47 Å². The molecule has 1 rings (SSSR count). The van der Waals surface area contributed by atoms with E-state index < -0.39 is 24.6 Å². The van der Waals surface area contributed by atoms with Crippen molar-refractivity contribution >= 4 is 0 Å². The Morgan fingerprint density at radius 1 is 1.27 bits per heavy atom. The molecule has 11 heavy (non-hydrogen) atoms. The molecule has 1 aliphatic heterocycles. The highest BCUT2D eigenvalue weighted by molar-refractivity contribution is 4.82. The van der Waals surface area contributed by atoms with Crippen LogP contribution in [0.5, 0.6) is 0 Å². The second-order valence-electron chi connectivity index (χ2n) is 2.48. The van der Waals surface area contributed by atoms with Gasteiger partial charge in [0, 0.05) is 7.11 Å². The summed E-state index contributed by atoms with van der Waals surface area (Å²) in [4.78, 5) is 0. The van der Waals surface area contributed by atoms with E-state index in [1.54, 1.807) is 0 Å². The van der Waals surface area contributed by atoms with E-state index in [1.165, 1.54) is 7.11 Å². The van der Waals surface area contributed by atoms with E-state index in [2.05, 4.69) is 4.74 Å². The Hall–Kier alpha value is -0.200. The molecule has 0 unspecified atom stereocenters. The summed E-state index contributed by atoms with van der Waals surface area (Å²) in [6.07, 6.45) is -4.23. The van der Waals surface area contributed by atoms with Crippen molar-refractivity contribution < 1.29 is 24.8 Å². The number of rotatable bonds is 1. The van der Waals surface area contributed by atoms with Crippen molar-refractivity contribution in [3.8, 4) is 0 Å².